The van der Waals surface area contributed by atoms with Gasteiger partial charge >= 0.3 is 6.03 Å². The number of para-hydroxylation sites is 1. The van der Waals surface area contributed by atoms with Gasteiger partial charge in [0.15, 0.2) is 5.78 Å². The largest absolute Gasteiger partial charge is 0.373 e. The van der Waals surface area contributed by atoms with E-state index >= 15 is 0 Å². The van der Waals surface area contributed by atoms with E-state index in [1.807, 2.05) is 84.9 Å². The molecule has 258 valence electrons. The molecule has 0 spiro atoms. The monoisotopic (exact) mass is 660 g/mol. The van der Waals surface area contributed by atoms with E-state index in [-0.39, 0.29) is 17.7 Å². The van der Waals surface area contributed by atoms with Gasteiger partial charge in [0.1, 0.15) is 6.04 Å². The van der Waals surface area contributed by atoms with Gasteiger partial charge < -0.3 is 16.0 Å². The van der Waals surface area contributed by atoms with E-state index in [4.69, 9.17) is 0 Å². The highest BCUT2D eigenvalue weighted by Crippen LogP contribution is 2.26. The Morgan fingerprint density at radius 2 is 1.43 bits per heavy atom. The first-order valence-corrected chi connectivity index (χ1v) is 17.7. The number of unbranched alkanes of at least 4 members (excludes halogenated alkanes) is 4. The van der Waals surface area contributed by atoms with Gasteiger partial charge in [-0.05, 0) is 59.7 Å². The zero-order chi connectivity index (χ0) is 35.0. The van der Waals surface area contributed by atoms with Gasteiger partial charge in [0.2, 0.25) is 5.91 Å². The van der Waals surface area contributed by atoms with Gasteiger partial charge in [-0.25, -0.2) is 4.79 Å². The number of nitrogens with one attached hydrogen (secondary N) is 3. The Balaban J connectivity index is 1.47. The van der Waals surface area contributed by atoms with Crippen LogP contribution < -0.4 is 20.9 Å². The number of hydrogen-bond acceptors (Lipinski definition) is 4. The third kappa shape index (κ3) is 11.3. The van der Waals surface area contributed by atoms with Crippen molar-refractivity contribution in [1.82, 2.24) is 10.6 Å². The van der Waals surface area contributed by atoms with Crippen LogP contribution in [0.4, 0.5) is 16.2 Å². The summed E-state index contributed by atoms with van der Waals surface area (Å²) < 4.78 is 0. The fraction of sp³-hybridized carbons (Fsp3) is 0.357. The van der Waals surface area contributed by atoms with E-state index in [1.54, 1.807) is 30.1 Å². The van der Waals surface area contributed by atoms with Gasteiger partial charge in [0, 0.05) is 49.1 Å². The normalized spacial score (nSPS) is 11.5. The lowest BCUT2D eigenvalue weighted by molar-refractivity contribution is -0.121. The summed E-state index contributed by atoms with van der Waals surface area (Å²) in [5.74, 6) is 0.262. The molecule has 4 aromatic carbocycles. The highest BCUT2D eigenvalue weighted by atomic mass is 16.2. The van der Waals surface area contributed by atoms with Crippen molar-refractivity contribution >= 4 is 29.1 Å². The van der Waals surface area contributed by atoms with Gasteiger partial charge in [-0.15, -0.1) is 0 Å². The lowest BCUT2D eigenvalue weighted by atomic mass is 9.98. The third-order valence-electron chi connectivity index (χ3n) is 8.70. The Kier molecular flexibility index (Phi) is 14.4. The minimum atomic E-state index is -0.593. The molecule has 0 aliphatic carbocycles. The van der Waals surface area contributed by atoms with Crippen LogP contribution in [0.5, 0.6) is 0 Å². The fourth-order valence-corrected chi connectivity index (χ4v) is 5.68. The average Bonchev–Trinajstić information content (AvgIpc) is 3.12. The molecule has 0 aromatic heterocycles. The minimum absolute atomic E-state index is 0.0974. The van der Waals surface area contributed by atoms with Crippen molar-refractivity contribution in [2.45, 2.75) is 71.8 Å². The minimum Gasteiger partial charge on any atom is -0.373 e. The molecule has 0 saturated carbocycles. The molecule has 0 heterocycles. The number of carbonyl (C=O) groups is 3. The molecule has 4 rings (SSSR count). The summed E-state index contributed by atoms with van der Waals surface area (Å²) >= 11 is 0. The molecule has 7 heteroatoms. The predicted molar refractivity (Wildman–Crippen MR) is 202 cm³/mol. The van der Waals surface area contributed by atoms with Crippen LogP contribution in [0.2, 0.25) is 0 Å². The molecule has 0 fully saturated rings. The summed E-state index contributed by atoms with van der Waals surface area (Å²) in [6, 6.07) is 32.0. The summed E-state index contributed by atoms with van der Waals surface area (Å²) in [6.07, 6.45) is 7.07. The van der Waals surface area contributed by atoms with Crippen LogP contribution in [0.3, 0.4) is 0 Å². The van der Waals surface area contributed by atoms with E-state index in [1.165, 1.54) is 19.3 Å². The molecule has 0 unspecified atom stereocenters. The zero-order valence-electron chi connectivity index (χ0n) is 29.5. The Labute approximate surface area is 292 Å². The average molecular weight is 661 g/mol. The van der Waals surface area contributed by atoms with E-state index < -0.39 is 6.04 Å². The number of ketones is 1. The summed E-state index contributed by atoms with van der Waals surface area (Å²) in [7, 11) is 1.79. The van der Waals surface area contributed by atoms with Gasteiger partial charge in [-0.2, -0.15) is 0 Å². The van der Waals surface area contributed by atoms with Crippen molar-refractivity contribution in [1.29, 1.82) is 0 Å². The van der Waals surface area contributed by atoms with E-state index in [0.29, 0.717) is 42.2 Å². The quantitative estimate of drug-likeness (QED) is 0.0735. The first-order valence-electron chi connectivity index (χ1n) is 17.7. The zero-order valence-corrected chi connectivity index (χ0v) is 29.5. The molecule has 49 heavy (non-hydrogen) atoms. The number of rotatable bonds is 18. The second kappa shape index (κ2) is 19.2. The first-order chi connectivity index (χ1) is 23.8. The molecule has 3 amide bonds. The van der Waals surface area contributed by atoms with Crippen molar-refractivity contribution in [2.75, 3.05) is 30.4 Å². The van der Waals surface area contributed by atoms with E-state index in [0.717, 1.165) is 41.6 Å². The molecule has 0 bridgehead atoms. The molecular formula is C42H52N4O3. The summed E-state index contributed by atoms with van der Waals surface area (Å²) in [6.45, 7) is 7.72. The van der Waals surface area contributed by atoms with Gasteiger partial charge in [-0.3, -0.25) is 14.5 Å². The topological polar surface area (TPSA) is 90.5 Å². The molecule has 3 N–H and O–H groups in total. The second-order valence-electron chi connectivity index (χ2n) is 13.1. The lowest BCUT2D eigenvalue weighted by Gasteiger charge is -2.22. The number of anilines is 2. The summed E-state index contributed by atoms with van der Waals surface area (Å²) in [5.41, 5.74) is 5.56. The van der Waals surface area contributed by atoms with Crippen molar-refractivity contribution in [3.63, 3.8) is 0 Å². The van der Waals surface area contributed by atoms with Crippen molar-refractivity contribution < 1.29 is 14.4 Å². The molecule has 1 atom stereocenters. The number of benzene rings is 4. The van der Waals surface area contributed by atoms with E-state index in [2.05, 4.69) is 36.7 Å². The Bertz CT molecular complexity index is 1640. The van der Waals surface area contributed by atoms with Crippen LogP contribution in [0.15, 0.2) is 103 Å². The Morgan fingerprint density at radius 3 is 2.16 bits per heavy atom. The molecule has 0 radical (unpaired) electrons. The Morgan fingerprint density at radius 1 is 0.714 bits per heavy atom. The van der Waals surface area contributed by atoms with Crippen LogP contribution in [-0.4, -0.2) is 43.9 Å². The van der Waals surface area contributed by atoms with Crippen molar-refractivity contribution in [2.24, 2.45) is 5.92 Å². The standard InChI is InChI=1S/C42H52N4O3/c1-5-6-7-8-14-27-44-42(49)46(4)36-19-15-18-35(30-36)33-24-22-32(23-25-33)29-39(41(48)43-28-26-31(2)3)45-38-21-13-12-20-37(38)40(47)34-16-10-9-11-17-34/h9-13,15-25,30-31,39,45H,5-8,14,26-29H2,1-4H3,(H,43,48)(H,44,49)/t39-/m0/s1. The highest BCUT2D eigenvalue weighted by molar-refractivity contribution is 6.12. The predicted octanol–water partition coefficient (Wildman–Crippen LogP) is 8.89. The van der Waals surface area contributed by atoms with Crippen molar-refractivity contribution in [3.05, 3.63) is 120 Å². The SMILES string of the molecule is CCCCCCCNC(=O)N(C)c1cccc(-c2ccc(C[C@H](Nc3ccccc3C(=O)c3ccccc3)C(=O)NCCC(C)C)cc2)c1. The molecule has 4 aromatic rings. The maximum Gasteiger partial charge on any atom is 0.321 e. The fourth-order valence-electron chi connectivity index (χ4n) is 5.68. The van der Waals surface area contributed by atoms with Gasteiger partial charge in [0.25, 0.3) is 0 Å². The van der Waals surface area contributed by atoms with Crippen molar-refractivity contribution in [3.8, 4) is 11.1 Å². The van der Waals surface area contributed by atoms with Crippen LogP contribution in [0.1, 0.15) is 80.8 Å². The number of urea groups is 1. The summed E-state index contributed by atoms with van der Waals surface area (Å²) in [5, 5.41) is 9.55. The number of hydrogen-bond donors (Lipinski definition) is 3. The maximum atomic E-state index is 13.6. The third-order valence-corrected chi connectivity index (χ3v) is 8.70. The molecular weight excluding hydrogens is 608 g/mol. The maximum absolute atomic E-state index is 13.6. The van der Waals surface area contributed by atoms with Crippen LogP contribution in [0.25, 0.3) is 11.1 Å². The van der Waals surface area contributed by atoms with Crippen LogP contribution in [-0.2, 0) is 11.2 Å². The number of carbonyl (C=O) groups excluding carboxylic acids is 3. The second-order valence-corrected chi connectivity index (χ2v) is 13.1. The van der Waals surface area contributed by atoms with E-state index in [9.17, 15) is 14.4 Å². The molecule has 0 aliphatic heterocycles. The van der Waals surface area contributed by atoms with Gasteiger partial charge in [-0.1, -0.05) is 125 Å². The smallest absolute Gasteiger partial charge is 0.321 e. The Hall–Kier alpha value is -4.91. The molecule has 0 saturated heterocycles. The number of nitrogens with zero attached hydrogens (tertiary/aromatic N) is 1. The van der Waals surface area contributed by atoms with Gasteiger partial charge in [0.05, 0.1) is 0 Å². The lowest BCUT2D eigenvalue weighted by Crippen LogP contribution is -2.42. The van der Waals surface area contributed by atoms with Crippen LogP contribution >= 0.6 is 0 Å². The highest BCUT2D eigenvalue weighted by Gasteiger charge is 2.22. The summed E-state index contributed by atoms with van der Waals surface area (Å²) in [4.78, 5) is 41.4. The first kappa shape index (κ1) is 36.9. The molecule has 0 aliphatic rings. The molecule has 7 nitrogen and oxygen atoms in total. The van der Waals surface area contributed by atoms with Crippen LogP contribution in [0, 0.1) is 5.92 Å². The number of amides is 3.